The maximum absolute atomic E-state index is 10.7. The van der Waals surface area contributed by atoms with Crippen LogP contribution in [0.4, 0.5) is 0 Å². The molecule has 121 valence electrons. The zero-order chi connectivity index (χ0) is 15.9. The van der Waals surface area contributed by atoms with Gasteiger partial charge in [0.2, 0.25) is 5.91 Å². The average Bonchev–Trinajstić information content (AvgIpc) is 2.39. The van der Waals surface area contributed by atoms with Crippen LogP contribution in [0, 0.1) is 0 Å². The number of hydrogen-bond acceptors (Lipinski definition) is 7. The molecule has 9 nitrogen and oxygen atoms in total. The third-order valence-electron chi connectivity index (χ3n) is 2.59. The van der Waals surface area contributed by atoms with Crippen LogP contribution in [-0.2, 0) is 47.0 Å². The van der Waals surface area contributed by atoms with Crippen molar-refractivity contribution in [2.75, 3.05) is 6.61 Å². The summed E-state index contributed by atoms with van der Waals surface area (Å²) in [5.74, 6) is -0.957. The second-order valence-corrected chi connectivity index (χ2v) is 4.23. The number of aliphatic hydroxyl groups excluding tert-OH is 4. The molecule has 0 spiro atoms. The molecule has 0 saturated carbocycles. The van der Waals surface area contributed by atoms with Crippen molar-refractivity contribution < 1.29 is 67.5 Å². The van der Waals surface area contributed by atoms with E-state index in [0.717, 1.165) is 0 Å². The molecule has 1 saturated heterocycles. The van der Waals surface area contributed by atoms with Gasteiger partial charge >= 0.3 is 0 Å². The smallest absolute Gasteiger partial charge is 0.217 e. The van der Waals surface area contributed by atoms with Gasteiger partial charge in [0.15, 0.2) is 6.29 Å². The number of carbonyl (C=O) groups excluding carboxylic acids is 2. The summed E-state index contributed by atoms with van der Waals surface area (Å²) < 4.78 is 4.81. The van der Waals surface area contributed by atoms with E-state index in [4.69, 9.17) is 15.6 Å². The van der Waals surface area contributed by atoms with Gasteiger partial charge in [-0.25, -0.2) is 0 Å². The molecule has 1 aliphatic rings. The van der Waals surface area contributed by atoms with Crippen LogP contribution in [0.3, 0.4) is 0 Å². The number of hydrogen-bond donors (Lipinski definition) is 5. The Labute approximate surface area is 147 Å². The summed E-state index contributed by atoms with van der Waals surface area (Å²) in [6.07, 6.45) is -4.91. The second-order valence-electron chi connectivity index (χ2n) is 4.23. The monoisotopic (exact) mass is 382 g/mol. The van der Waals surface area contributed by atoms with Crippen molar-refractivity contribution >= 4 is 11.8 Å². The van der Waals surface area contributed by atoms with E-state index in [0.29, 0.717) is 6.42 Å². The number of rotatable bonds is 3. The third kappa shape index (κ3) is 8.15. The second kappa shape index (κ2) is 11.4. The fourth-order valence-corrected chi connectivity index (χ4v) is 1.49. The van der Waals surface area contributed by atoms with Gasteiger partial charge in [0.25, 0.3) is 0 Å². The minimum Gasteiger partial charge on any atom is -0.668 e. The summed E-state index contributed by atoms with van der Waals surface area (Å²) in [4.78, 5) is 20.2. The first-order valence-corrected chi connectivity index (χ1v) is 6.06. The third-order valence-corrected chi connectivity index (χ3v) is 2.59. The standard InChI is InChI=1S/C8H15NO6.C3H7NO.Y/c1-3(11)9-5-7(13)6(12)4(2-10)15-8(5)14;1-2-3(4)5;/h4-8,10,12-14H,2H2,1H3,(H,9,11);2H2,1H3,(H2,4,5);/p-1/t4?,5?,6-,7+,8+;;/m0../s1. The van der Waals surface area contributed by atoms with Crippen molar-refractivity contribution in [2.24, 2.45) is 0 Å². The number of amides is 2. The Bertz CT molecular complexity index is 332. The molecular formula is C11H21N2O7Y-. The van der Waals surface area contributed by atoms with Crippen LogP contribution in [0.1, 0.15) is 20.3 Å². The van der Waals surface area contributed by atoms with Gasteiger partial charge in [-0.3, -0.25) is 4.79 Å². The molecule has 1 rings (SSSR count). The molecule has 10 heteroatoms. The van der Waals surface area contributed by atoms with E-state index in [-0.39, 0.29) is 32.7 Å². The summed E-state index contributed by atoms with van der Waals surface area (Å²) >= 11 is 0. The molecule has 21 heavy (non-hydrogen) atoms. The van der Waals surface area contributed by atoms with E-state index in [2.05, 4.69) is 5.32 Å². The van der Waals surface area contributed by atoms with Crippen LogP contribution in [0.2, 0.25) is 0 Å². The average molecular weight is 382 g/mol. The molecule has 1 aliphatic heterocycles. The zero-order valence-electron chi connectivity index (χ0n) is 11.9. The van der Waals surface area contributed by atoms with Gasteiger partial charge in [-0.15, -0.1) is 0 Å². The number of ether oxygens (including phenoxy) is 1. The number of nitrogens with one attached hydrogen (secondary N) is 2. The first-order valence-electron chi connectivity index (χ1n) is 6.06. The first kappa shape index (κ1) is 23.1. The summed E-state index contributed by atoms with van der Waals surface area (Å²) in [5.41, 5.74) is 6.19. The Morgan fingerprint density at radius 3 is 2.05 bits per heavy atom. The van der Waals surface area contributed by atoms with Crippen LogP contribution in [0.25, 0.3) is 5.73 Å². The fraction of sp³-hybridized carbons (Fsp3) is 0.818. The molecule has 1 radical (unpaired) electrons. The minimum absolute atomic E-state index is 0. The molecule has 0 aromatic rings. The largest absolute Gasteiger partial charge is 0.668 e. The molecule has 6 N–H and O–H groups in total. The summed E-state index contributed by atoms with van der Waals surface area (Å²) in [6.45, 7) is 2.35. The molecule has 0 bridgehead atoms. The van der Waals surface area contributed by atoms with Crippen LogP contribution in [0.5, 0.6) is 0 Å². The molecule has 2 unspecified atom stereocenters. The Balaban J connectivity index is 0. The van der Waals surface area contributed by atoms with E-state index in [9.17, 15) is 24.9 Å². The Morgan fingerprint density at radius 1 is 1.24 bits per heavy atom. The van der Waals surface area contributed by atoms with Gasteiger partial charge in [-0.05, 0) is 6.42 Å². The molecule has 0 aliphatic carbocycles. The van der Waals surface area contributed by atoms with Crippen molar-refractivity contribution in [1.82, 2.24) is 5.32 Å². The topological polar surface area (TPSA) is 160 Å². The van der Waals surface area contributed by atoms with Crippen molar-refractivity contribution in [3.8, 4) is 0 Å². The maximum Gasteiger partial charge on any atom is 0.217 e. The minimum atomic E-state index is -1.45. The Kier molecular flexibility index (Phi) is 12.6. The van der Waals surface area contributed by atoms with Crippen LogP contribution in [-0.4, -0.2) is 69.5 Å². The SMILES string of the molecule is CC(=O)NC1[C@H](O)OC(CO)[C@H](O)[C@@H]1O.CCC([NH-])=O.[Y]. The van der Waals surface area contributed by atoms with E-state index in [1.165, 1.54) is 6.92 Å². The van der Waals surface area contributed by atoms with Crippen LogP contribution >= 0.6 is 0 Å². The first-order chi connectivity index (χ1) is 9.24. The van der Waals surface area contributed by atoms with Crippen molar-refractivity contribution in [3.63, 3.8) is 0 Å². The molecule has 1 fully saturated rings. The van der Waals surface area contributed by atoms with E-state index < -0.39 is 49.1 Å². The normalized spacial score (nSPS) is 31.2. The van der Waals surface area contributed by atoms with Crippen molar-refractivity contribution in [3.05, 3.63) is 5.73 Å². The van der Waals surface area contributed by atoms with Gasteiger partial charge in [-0.1, -0.05) is 6.92 Å². The molecular weight excluding hydrogens is 361 g/mol. The van der Waals surface area contributed by atoms with Crippen molar-refractivity contribution in [1.29, 1.82) is 0 Å². The van der Waals surface area contributed by atoms with Gasteiger partial charge in [0.05, 0.1) is 6.61 Å². The van der Waals surface area contributed by atoms with Crippen molar-refractivity contribution in [2.45, 2.75) is 50.9 Å². The molecule has 0 aromatic carbocycles. The van der Waals surface area contributed by atoms with Gasteiger partial charge in [0.1, 0.15) is 24.4 Å². The summed E-state index contributed by atoms with van der Waals surface area (Å²) in [7, 11) is 0. The van der Waals surface area contributed by atoms with Crippen LogP contribution in [0.15, 0.2) is 0 Å². The molecule has 5 atom stereocenters. The van der Waals surface area contributed by atoms with Gasteiger partial charge in [-0.2, -0.15) is 0 Å². The molecule has 1 heterocycles. The fourth-order valence-electron chi connectivity index (χ4n) is 1.49. The van der Waals surface area contributed by atoms with E-state index in [1.54, 1.807) is 6.92 Å². The molecule has 2 amide bonds. The van der Waals surface area contributed by atoms with E-state index >= 15 is 0 Å². The van der Waals surface area contributed by atoms with Crippen LogP contribution < -0.4 is 5.32 Å². The summed E-state index contributed by atoms with van der Waals surface area (Å²) in [5, 5.41) is 39.4. The number of carbonyl (C=O) groups is 2. The zero-order valence-corrected chi connectivity index (χ0v) is 14.7. The number of aliphatic hydroxyl groups is 4. The van der Waals surface area contributed by atoms with Gasteiger partial charge in [0, 0.05) is 45.5 Å². The summed E-state index contributed by atoms with van der Waals surface area (Å²) in [6, 6.07) is -1.10. The molecule has 0 aromatic heterocycles. The quantitative estimate of drug-likeness (QED) is 0.374. The maximum atomic E-state index is 10.7. The predicted molar refractivity (Wildman–Crippen MR) is 67.2 cm³/mol. The van der Waals surface area contributed by atoms with Gasteiger partial charge < -0.3 is 41.0 Å². The Hall–Kier alpha value is -0.156. The van der Waals surface area contributed by atoms with E-state index in [1.807, 2.05) is 0 Å². The predicted octanol–water partition coefficient (Wildman–Crippen LogP) is -2.10. The Morgan fingerprint density at radius 2 is 1.71 bits per heavy atom.